The lowest BCUT2D eigenvalue weighted by atomic mass is 9.75. The lowest BCUT2D eigenvalue weighted by Crippen LogP contribution is -2.32. The Morgan fingerprint density at radius 2 is 1.70 bits per heavy atom. The quantitative estimate of drug-likeness (QED) is 0.546. The summed E-state index contributed by atoms with van der Waals surface area (Å²) in [4.78, 5) is 4.34. The number of benzene rings is 3. The molecule has 0 fully saturated rings. The Hall–Kier alpha value is -3.89. The Morgan fingerprint density at radius 3 is 2.57 bits per heavy atom. The number of hydrogen-bond donors (Lipinski definition) is 0. The van der Waals surface area contributed by atoms with E-state index in [4.69, 9.17) is 4.74 Å². The van der Waals surface area contributed by atoms with Gasteiger partial charge in [-0.3, -0.25) is 0 Å². The van der Waals surface area contributed by atoms with Gasteiger partial charge < -0.3 is 4.74 Å². The normalized spacial score (nSPS) is 20.5. The first-order chi connectivity index (χ1) is 14.7. The van der Waals surface area contributed by atoms with E-state index in [0.717, 1.165) is 53.0 Å². The van der Waals surface area contributed by atoms with Gasteiger partial charge in [-0.25, -0.2) is 0 Å². The summed E-state index contributed by atoms with van der Waals surface area (Å²) >= 11 is 0. The maximum absolute atomic E-state index is 9.48. The molecule has 0 N–H and O–H groups in total. The van der Waals surface area contributed by atoms with Crippen LogP contribution in [-0.4, -0.2) is 12.3 Å². The van der Waals surface area contributed by atoms with E-state index < -0.39 is 0 Å². The number of para-hydroxylation sites is 1. The maximum Gasteiger partial charge on any atom is 0.205 e. The zero-order valence-corrected chi connectivity index (χ0v) is 16.4. The Labute approximate surface area is 175 Å². The van der Waals surface area contributed by atoms with E-state index in [1.165, 1.54) is 5.56 Å². The summed E-state index contributed by atoms with van der Waals surface area (Å²) in [7, 11) is 0. The molecule has 0 aromatic heterocycles. The average molecular weight is 389 g/mol. The van der Waals surface area contributed by atoms with Gasteiger partial charge in [0.2, 0.25) is 6.19 Å². The van der Waals surface area contributed by atoms with Crippen LogP contribution in [0.4, 0.5) is 0 Å². The standard InChI is InChI=1S/C26H19N3O/c27-16-18-4-3-6-19(12-18)20-8-9-21-14-26(25(29-17-28)23(21)13-20)10-11-30-24-7-2-1-5-22(24)15-26/h1-9,12-13H,10-11,14-15H2/b29-25-. The molecule has 4 heteroatoms. The summed E-state index contributed by atoms with van der Waals surface area (Å²) in [5.74, 6) is 0.927. The number of nitriles is 2. The van der Waals surface area contributed by atoms with Crippen molar-refractivity contribution in [3.8, 4) is 29.1 Å². The number of hydrogen-bond acceptors (Lipinski definition) is 4. The third kappa shape index (κ3) is 2.95. The van der Waals surface area contributed by atoms with Crippen LogP contribution in [0.1, 0.15) is 28.7 Å². The van der Waals surface area contributed by atoms with Crippen molar-refractivity contribution in [3.63, 3.8) is 0 Å². The van der Waals surface area contributed by atoms with E-state index in [0.29, 0.717) is 12.2 Å². The van der Waals surface area contributed by atoms with E-state index in [9.17, 15) is 10.5 Å². The molecule has 5 rings (SSSR count). The fraction of sp³-hybridized carbons (Fsp3) is 0.192. The third-order valence-corrected chi connectivity index (χ3v) is 6.22. The highest BCUT2D eigenvalue weighted by molar-refractivity contribution is 6.10. The fourth-order valence-corrected chi connectivity index (χ4v) is 4.81. The lowest BCUT2D eigenvalue weighted by molar-refractivity contribution is 0.273. The summed E-state index contributed by atoms with van der Waals surface area (Å²) in [6.07, 6.45) is 4.51. The topological polar surface area (TPSA) is 69.2 Å². The molecule has 0 bridgehead atoms. The molecule has 0 saturated carbocycles. The van der Waals surface area contributed by atoms with Crippen molar-refractivity contribution in [3.05, 3.63) is 89.0 Å². The maximum atomic E-state index is 9.48. The first-order valence-corrected chi connectivity index (χ1v) is 10.0. The van der Waals surface area contributed by atoms with Gasteiger partial charge in [0.15, 0.2) is 0 Å². The molecule has 1 spiro atoms. The molecule has 3 aromatic carbocycles. The SMILES string of the molecule is N#C/N=C1/c2cc(-c3cccc(C#N)c3)ccc2CC12CCOc1ccccc1C2. The minimum absolute atomic E-state index is 0.238. The highest BCUT2D eigenvalue weighted by Gasteiger charge is 2.45. The predicted octanol–water partition coefficient (Wildman–Crippen LogP) is 5.06. The number of rotatable bonds is 1. The van der Waals surface area contributed by atoms with Crippen LogP contribution in [0, 0.1) is 28.2 Å². The smallest absolute Gasteiger partial charge is 0.205 e. The molecule has 30 heavy (non-hydrogen) atoms. The van der Waals surface area contributed by atoms with Gasteiger partial charge >= 0.3 is 0 Å². The number of aliphatic imine (C=N–C) groups is 1. The molecule has 0 radical (unpaired) electrons. The first-order valence-electron chi connectivity index (χ1n) is 10.0. The second-order valence-corrected chi connectivity index (χ2v) is 7.97. The largest absolute Gasteiger partial charge is 0.493 e. The molecule has 1 atom stereocenters. The van der Waals surface area contributed by atoms with Crippen LogP contribution in [0.2, 0.25) is 0 Å². The van der Waals surface area contributed by atoms with Gasteiger partial charge in [-0.15, -0.1) is 0 Å². The molecule has 144 valence electrons. The molecular formula is C26H19N3O. The van der Waals surface area contributed by atoms with Crippen molar-refractivity contribution in [2.24, 2.45) is 10.4 Å². The van der Waals surface area contributed by atoms with E-state index >= 15 is 0 Å². The number of ether oxygens (including phenoxy) is 1. The van der Waals surface area contributed by atoms with Gasteiger partial charge in [0.05, 0.1) is 24.0 Å². The predicted molar refractivity (Wildman–Crippen MR) is 115 cm³/mol. The highest BCUT2D eigenvalue weighted by atomic mass is 16.5. The lowest BCUT2D eigenvalue weighted by Gasteiger charge is -2.27. The summed E-state index contributed by atoms with van der Waals surface area (Å²) in [5.41, 5.74) is 6.68. The van der Waals surface area contributed by atoms with Gasteiger partial charge in [-0.1, -0.05) is 42.5 Å². The second-order valence-electron chi connectivity index (χ2n) is 7.97. The van der Waals surface area contributed by atoms with Crippen LogP contribution in [0.15, 0.2) is 71.7 Å². The zero-order chi connectivity index (χ0) is 20.6. The number of nitrogens with zero attached hydrogens (tertiary/aromatic N) is 3. The molecule has 1 aliphatic carbocycles. The minimum atomic E-state index is -0.238. The van der Waals surface area contributed by atoms with E-state index in [1.54, 1.807) is 6.07 Å². The van der Waals surface area contributed by atoms with Crippen molar-refractivity contribution >= 4 is 5.71 Å². The van der Waals surface area contributed by atoms with Crippen molar-refractivity contribution in [2.75, 3.05) is 6.61 Å². The van der Waals surface area contributed by atoms with Gasteiger partial charge in [0.25, 0.3) is 0 Å². The molecule has 0 saturated heterocycles. The Bertz CT molecular complexity index is 1260. The van der Waals surface area contributed by atoms with Crippen LogP contribution in [-0.2, 0) is 12.8 Å². The molecular weight excluding hydrogens is 370 g/mol. The molecule has 0 amide bonds. The third-order valence-electron chi connectivity index (χ3n) is 6.22. The van der Waals surface area contributed by atoms with Crippen molar-refractivity contribution in [2.45, 2.75) is 19.3 Å². The highest BCUT2D eigenvalue weighted by Crippen LogP contribution is 2.46. The molecule has 1 aliphatic heterocycles. The Morgan fingerprint density at radius 1 is 0.867 bits per heavy atom. The van der Waals surface area contributed by atoms with Crippen molar-refractivity contribution in [1.29, 1.82) is 10.5 Å². The molecule has 3 aromatic rings. The molecule has 2 aliphatic rings. The van der Waals surface area contributed by atoms with Crippen LogP contribution in [0.25, 0.3) is 11.1 Å². The van der Waals surface area contributed by atoms with Crippen LogP contribution >= 0.6 is 0 Å². The first kappa shape index (κ1) is 18.2. The van der Waals surface area contributed by atoms with Gasteiger partial charge in [0, 0.05) is 11.0 Å². The van der Waals surface area contributed by atoms with Crippen LogP contribution < -0.4 is 4.74 Å². The molecule has 1 unspecified atom stereocenters. The Kier molecular flexibility index (Phi) is 4.34. The summed E-state index contributed by atoms with van der Waals surface area (Å²) < 4.78 is 6.01. The molecule has 1 heterocycles. The van der Waals surface area contributed by atoms with Crippen molar-refractivity contribution in [1.82, 2.24) is 0 Å². The van der Waals surface area contributed by atoms with Gasteiger partial charge in [0.1, 0.15) is 5.75 Å². The van der Waals surface area contributed by atoms with Gasteiger partial charge in [-0.2, -0.15) is 15.5 Å². The van der Waals surface area contributed by atoms with Crippen LogP contribution in [0.3, 0.4) is 0 Å². The summed E-state index contributed by atoms with van der Waals surface area (Å²) in [6.45, 7) is 0.604. The average Bonchev–Trinajstić information content (AvgIpc) is 2.94. The monoisotopic (exact) mass is 389 g/mol. The summed E-state index contributed by atoms with van der Waals surface area (Å²) in [6, 6.07) is 24.3. The molecule has 4 nitrogen and oxygen atoms in total. The zero-order valence-electron chi connectivity index (χ0n) is 16.4. The summed E-state index contributed by atoms with van der Waals surface area (Å²) in [5, 5.41) is 18.7. The van der Waals surface area contributed by atoms with E-state index in [1.807, 2.05) is 42.6 Å². The number of fused-ring (bicyclic) bond motifs is 2. The second kappa shape index (κ2) is 7.17. The fourth-order valence-electron chi connectivity index (χ4n) is 4.81. The van der Waals surface area contributed by atoms with E-state index in [2.05, 4.69) is 35.3 Å². The van der Waals surface area contributed by atoms with Crippen molar-refractivity contribution < 1.29 is 4.74 Å². The van der Waals surface area contributed by atoms with E-state index in [-0.39, 0.29) is 5.41 Å². The minimum Gasteiger partial charge on any atom is -0.493 e. The van der Waals surface area contributed by atoms with Crippen LogP contribution in [0.5, 0.6) is 5.75 Å². The van der Waals surface area contributed by atoms with Gasteiger partial charge in [-0.05, 0) is 65.8 Å². The Balaban J connectivity index is 1.61.